The summed E-state index contributed by atoms with van der Waals surface area (Å²) in [5, 5.41) is 6.31. The third-order valence-corrected chi connectivity index (χ3v) is 5.00. The van der Waals surface area contributed by atoms with Crippen molar-refractivity contribution in [3.05, 3.63) is 35.4 Å². The van der Waals surface area contributed by atoms with Gasteiger partial charge in [0, 0.05) is 51.8 Å². The van der Waals surface area contributed by atoms with E-state index in [9.17, 15) is 9.59 Å². The topological polar surface area (TPSA) is 103 Å². The average Bonchev–Trinajstić information content (AvgIpc) is 2.68. The highest BCUT2D eigenvalue weighted by Gasteiger charge is 2.23. The smallest absolute Gasteiger partial charge is 0.251 e. The minimum absolute atomic E-state index is 0. The molecular weight excluding hydrogens is 495 g/mol. The van der Waals surface area contributed by atoms with E-state index in [2.05, 4.69) is 20.5 Å². The van der Waals surface area contributed by atoms with Crippen LogP contribution in [0.1, 0.15) is 35.2 Å². The summed E-state index contributed by atoms with van der Waals surface area (Å²) in [5.41, 5.74) is 7.02. The lowest BCUT2D eigenvalue weighted by Crippen LogP contribution is -2.46. The number of rotatable bonds is 8. The number of nitrogens with zero attached hydrogens (tertiary/aromatic N) is 3. The minimum Gasteiger partial charge on any atom is -0.370 e. The maximum atomic E-state index is 12.3. The monoisotopic (exact) mass is 530 g/mol. The number of piperidine rings is 1. The third-order valence-electron chi connectivity index (χ3n) is 5.00. The van der Waals surface area contributed by atoms with E-state index in [1.54, 1.807) is 7.05 Å². The number of carbonyl (C=O) groups is 2. The Morgan fingerprint density at radius 2 is 2.07 bits per heavy atom. The number of likely N-dealkylation sites (tertiary alicyclic amines) is 1. The summed E-state index contributed by atoms with van der Waals surface area (Å²) in [5.74, 6) is 0.762. The fraction of sp³-hybridized carbons (Fsp3) is 0.571. The molecule has 0 saturated carbocycles. The molecule has 0 aliphatic carbocycles. The van der Waals surface area contributed by atoms with Crippen LogP contribution in [0, 0.1) is 5.92 Å². The lowest BCUT2D eigenvalue weighted by Gasteiger charge is -2.34. The van der Waals surface area contributed by atoms with Crippen LogP contribution >= 0.6 is 24.0 Å². The maximum Gasteiger partial charge on any atom is 0.251 e. The molecule has 1 fully saturated rings. The molecule has 0 spiro atoms. The van der Waals surface area contributed by atoms with Gasteiger partial charge in [-0.15, -0.1) is 24.0 Å². The molecule has 8 nitrogen and oxygen atoms in total. The van der Waals surface area contributed by atoms with E-state index < -0.39 is 0 Å². The number of guanidine groups is 1. The molecule has 9 heteroatoms. The van der Waals surface area contributed by atoms with E-state index >= 15 is 0 Å². The molecule has 1 aliphatic heterocycles. The van der Waals surface area contributed by atoms with Gasteiger partial charge in [-0.25, -0.2) is 0 Å². The number of nitrogens with one attached hydrogen (secondary N) is 2. The highest BCUT2D eigenvalue weighted by atomic mass is 127. The van der Waals surface area contributed by atoms with Crippen LogP contribution in [0.3, 0.4) is 0 Å². The van der Waals surface area contributed by atoms with Crippen molar-refractivity contribution in [2.45, 2.75) is 25.8 Å². The molecule has 1 saturated heterocycles. The Bertz CT molecular complexity index is 725. The van der Waals surface area contributed by atoms with Gasteiger partial charge in [0.25, 0.3) is 5.91 Å². The lowest BCUT2D eigenvalue weighted by atomic mass is 9.95. The minimum atomic E-state index is -0.250. The van der Waals surface area contributed by atoms with Gasteiger partial charge in [-0.1, -0.05) is 12.1 Å². The van der Waals surface area contributed by atoms with E-state index in [1.807, 2.05) is 43.3 Å². The normalized spacial score (nSPS) is 16.7. The zero-order chi connectivity index (χ0) is 21.2. The van der Waals surface area contributed by atoms with E-state index in [4.69, 9.17) is 5.73 Å². The van der Waals surface area contributed by atoms with Crippen molar-refractivity contribution in [2.75, 3.05) is 47.3 Å². The molecule has 168 valence electrons. The quantitative estimate of drug-likeness (QED) is 0.267. The molecule has 1 atom stereocenters. The highest BCUT2D eigenvalue weighted by molar-refractivity contribution is 14.0. The van der Waals surface area contributed by atoms with Crippen molar-refractivity contribution in [1.29, 1.82) is 0 Å². The van der Waals surface area contributed by atoms with Gasteiger partial charge in [-0.05, 0) is 50.6 Å². The Morgan fingerprint density at radius 1 is 1.30 bits per heavy atom. The third kappa shape index (κ3) is 8.86. The molecule has 0 radical (unpaired) electrons. The number of aliphatic imine (C=N–C) groups is 1. The second kappa shape index (κ2) is 13.4. The molecule has 2 rings (SSSR count). The van der Waals surface area contributed by atoms with Gasteiger partial charge in [0.05, 0.1) is 0 Å². The van der Waals surface area contributed by atoms with Gasteiger partial charge in [0.15, 0.2) is 5.96 Å². The summed E-state index contributed by atoms with van der Waals surface area (Å²) in [6.45, 7) is 3.67. The number of hydrogen-bond donors (Lipinski definition) is 3. The van der Waals surface area contributed by atoms with Crippen LogP contribution in [-0.2, 0) is 11.3 Å². The van der Waals surface area contributed by atoms with Crippen molar-refractivity contribution in [2.24, 2.45) is 16.6 Å². The summed E-state index contributed by atoms with van der Waals surface area (Å²) >= 11 is 0. The predicted octanol–water partition coefficient (Wildman–Crippen LogP) is 1.26. The summed E-state index contributed by atoms with van der Waals surface area (Å²) in [7, 11) is 5.71. The maximum absolute atomic E-state index is 12.3. The molecule has 1 aliphatic rings. The molecule has 1 aromatic carbocycles. The van der Waals surface area contributed by atoms with Gasteiger partial charge >= 0.3 is 0 Å². The van der Waals surface area contributed by atoms with Crippen LogP contribution in [0.25, 0.3) is 0 Å². The number of benzene rings is 1. The van der Waals surface area contributed by atoms with Gasteiger partial charge in [0.2, 0.25) is 5.91 Å². The van der Waals surface area contributed by atoms with Crippen LogP contribution in [-0.4, -0.2) is 74.9 Å². The van der Waals surface area contributed by atoms with Crippen molar-refractivity contribution >= 4 is 41.8 Å². The number of halogens is 1. The summed E-state index contributed by atoms with van der Waals surface area (Å²) in [4.78, 5) is 32.1. The second-order valence-corrected chi connectivity index (χ2v) is 7.79. The first kappa shape index (κ1) is 26.2. The van der Waals surface area contributed by atoms with Crippen molar-refractivity contribution in [3.8, 4) is 0 Å². The molecule has 2 amide bonds. The average molecular weight is 530 g/mol. The van der Waals surface area contributed by atoms with Crippen molar-refractivity contribution in [3.63, 3.8) is 0 Å². The first-order valence-electron chi connectivity index (χ1n) is 10.1. The Kier molecular flexibility index (Phi) is 11.7. The molecular formula is C21H35IN6O2. The fourth-order valence-electron chi connectivity index (χ4n) is 3.54. The number of amides is 2. The van der Waals surface area contributed by atoms with Crippen molar-refractivity contribution in [1.82, 2.24) is 20.4 Å². The van der Waals surface area contributed by atoms with Crippen LogP contribution < -0.4 is 16.4 Å². The molecule has 0 aromatic heterocycles. The SMILES string of the molecule is CN=C(NCc1cccc(C(=O)NCCN(C)C)c1)N1CCCC(CC(N)=O)C1.I. The van der Waals surface area contributed by atoms with E-state index in [0.29, 0.717) is 25.1 Å². The lowest BCUT2D eigenvalue weighted by molar-refractivity contribution is -0.119. The highest BCUT2D eigenvalue weighted by Crippen LogP contribution is 2.19. The van der Waals surface area contributed by atoms with E-state index in [0.717, 1.165) is 44.0 Å². The molecule has 1 unspecified atom stereocenters. The summed E-state index contributed by atoms with van der Waals surface area (Å²) in [6.07, 6.45) is 2.45. The number of hydrogen-bond acceptors (Lipinski definition) is 4. The zero-order valence-corrected chi connectivity index (χ0v) is 20.5. The molecule has 4 N–H and O–H groups in total. The number of primary amides is 1. The Hall–Kier alpha value is -1.88. The van der Waals surface area contributed by atoms with Crippen LogP contribution in [0.15, 0.2) is 29.3 Å². The molecule has 1 aromatic rings. The molecule has 1 heterocycles. The van der Waals surface area contributed by atoms with Crippen LogP contribution in [0.5, 0.6) is 0 Å². The summed E-state index contributed by atoms with van der Waals surface area (Å²) in [6, 6.07) is 7.60. The second-order valence-electron chi connectivity index (χ2n) is 7.79. The summed E-state index contributed by atoms with van der Waals surface area (Å²) < 4.78 is 0. The van der Waals surface area contributed by atoms with Crippen molar-refractivity contribution < 1.29 is 9.59 Å². The molecule has 30 heavy (non-hydrogen) atoms. The van der Waals surface area contributed by atoms with Gasteiger partial charge < -0.3 is 26.2 Å². The van der Waals surface area contributed by atoms with E-state index in [1.165, 1.54) is 0 Å². The van der Waals surface area contributed by atoms with Gasteiger partial charge in [0.1, 0.15) is 0 Å². The Labute approximate surface area is 196 Å². The van der Waals surface area contributed by atoms with Crippen LogP contribution in [0.4, 0.5) is 0 Å². The Balaban J connectivity index is 0.00000450. The van der Waals surface area contributed by atoms with Crippen LogP contribution in [0.2, 0.25) is 0 Å². The standard InChI is InChI=1S/C21H34N6O2.HI/c1-23-21(27-10-5-7-17(15-27)13-19(22)28)25-14-16-6-4-8-18(12-16)20(29)24-9-11-26(2)3;/h4,6,8,12,17H,5,7,9-11,13-15H2,1-3H3,(H2,22,28)(H,23,25)(H,24,29);1H. The largest absolute Gasteiger partial charge is 0.370 e. The number of nitrogens with two attached hydrogens (primary N) is 1. The predicted molar refractivity (Wildman–Crippen MR) is 131 cm³/mol. The zero-order valence-electron chi connectivity index (χ0n) is 18.2. The first-order valence-corrected chi connectivity index (χ1v) is 10.1. The fourth-order valence-corrected chi connectivity index (χ4v) is 3.54. The Morgan fingerprint density at radius 3 is 2.73 bits per heavy atom. The number of likely N-dealkylation sites (N-methyl/N-ethyl adjacent to an activating group) is 1. The first-order chi connectivity index (χ1) is 13.9. The molecule has 0 bridgehead atoms. The van der Waals surface area contributed by atoms with Gasteiger partial charge in [-0.3, -0.25) is 14.6 Å². The number of carbonyl (C=O) groups excluding carboxylic acids is 2. The van der Waals surface area contributed by atoms with Gasteiger partial charge in [-0.2, -0.15) is 0 Å². The van der Waals surface area contributed by atoms with E-state index in [-0.39, 0.29) is 41.7 Å².